The van der Waals surface area contributed by atoms with Crippen molar-refractivity contribution in [2.75, 3.05) is 12.4 Å². The summed E-state index contributed by atoms with van der Waals surface area (Å²) in [4.78, 5) is 27.8. The molecular weight excluding hydrogens is 408 g/mol. The van der Waals surface area contributed by atoms with Crippen molar-refractivity contribution in [3.05, 3.63) is 38.3 Å². The van der Waals surface area contributed by atoms with Gasteiger partial charge >= 0.3 is 5.97 Å². The first-order chi connectivity index (χ1) is 9.92. The highest BCUT2D eigenvalue weighted by molar-refractivity contribution is 9.11. The van der Waals surface area contributed by atoms with Gasteiger partial charge in [0.15, 0.2) is 0 Å². The first-order valence-corrected chi connectivity index (χ1v) is 7.28. The van der Waals surface area contributed by atoms with Gasteiger partial charge in [-0.1, -0.05) is 15.9 Å². The molecule has 2 rings (SSSR count). The second-order valence-corrected chi connectivity index (χ2v) is 5.77. The Bertz CT molecular complexity index is 715. The number of rotatable bonds is 3. The highest BCUT2D eigenvalue weighted by Gasteiger charge is 2.20. The van der Waals surface area contributed by atoms with Crippen LogP contribution in [0.4, 0.5) is 5.69 Å². The number of carbonyl (C=O) groups is 2. The Labute approximate surface area is 136 Å². The molecule has 0 bridgehead atoms. The average molecular weight is 418 g/mol. The predicted molar refractivity (Wildman–Crippen MR) is 82.3 cm³/mol. The van der Waals surface area contributed by atoms with Gasteiger partial charge in [-0.3, -0.25) is 9.89 Å². The van der Waals surface area contributed by atoms with E-state index >= 15 is 0 Å². The summed E-state index contributed by atoms with van der Waals surface area (Å²) in [5.74, 6) is -0.604. The number of esters is 1. The summed E-state index contributed by atoms with van der Waals surface area (Å²) < 4.78 is 5.90. The fraction of sp³-hybridized carbons (Fsp3) is 0.167. The fourth-order valence-corrected chi connectivity index (χ4v) is 2.91. The number of aryl methyl sites for hydroxylation is 1. The maximum Gasteiger partial charge on any atom is 0.340 e. The van der Waals surface area contributed by atoms with Gasteiger partial charge in [-0.25, -0.2) is 9.78 Å². The number of halogens is 2. The third kappa shape index (κ3) is 3.48. The molecule has 0 aliphatic rings. The van der Waals surface area contributed by atoms with E-state index in [1.165, 1.54) is 7.11 Å². The van der Waals surface area contributed by atoms with Crippen LogP contribution >= 0.6 is 31.9 Å². The van der Waals surface area contributed by atoms with Crippen LogP contribution in [0.1, 0.15) is 26.8 Å². The smallest absolute Gasteiger partial charge is 0.340 e. The zero-order valence-corrected chi connectivity index (χ0v) is 14.2. The van der Waals surface area contributed by atoms with Crippen LogP contribution in [0.5, 0.6) is 0 Å². The lowest BCUT2D eigenvalue weighted by atomic mass is 10.2. The Hall–Kier alpha value is -1.74. The number of hydrogen-bond donors (Lipinski definition) is 2. The Morgan fingerprint density at radius 3 is 2.62 bits per heavy atom. The lowest BCUT2D eigenvalue weighted by Crippen LogP contribution is -2.17. The molecule has 0 spiro atoms. The minimum Gasteiger partial charge on any atom is -0.465 e. The molecule has 1 heterocycles. The molecule has 21 heavy (non-hydrogen) atoms. The van der Waals surface area contributed by atoms with E-state index in [-0.39, 0.29) is 17.1 Å². The van der Waals surface area contributed by atoms with Crippen molar-refractivity contribution in [1.82, 2.24) is 15.2 Å². The average Bonchev–Trinajstić information content (AvgIpc) is 2.87. The number of nitrogens with zero attached hydrogens (tertiary/aromatic N) is 2. The second kappa shape index (κ2) is 6.35. The van der Waals surface area contributed by atoms with Gasteiger partial charge < -0.3 is 10.1 Å². The second-order valence-electron chi connectivity index (χ2n) is 4.00. The summed E-state index contributed by atoms with van der Waals surface area (Å²) >= 11 is 6.58. The first kappa shape index (κ1) is 15.6. The van der Waals surface area contributed by atoms with Gasteiger partial charge in [0.2, 0.25) is 5.82 Å². The number of methoxy groups -OCH3 is 1. The zero-order valence-electron chi connectivity index (χ0n) is 11.0. The monoisotopic (exact) mass is 416 g/mol. The van der Waals surface area contributed by atoms with E-state index in [1.807, 2.05) is 0 Å². The number of aromatic nitrogens is 3. The van der Waals surface area contributed by atoms with Crippen LogP contribution < -0.4 is 5.32 Å². The molecule has 9 heteroatoms. The van der Waals surface area contributed by atoms with Crippen LogP contribution in [-0.4, -0.2) is 34.2 Å². The SMILES string of the molecule is COC(=O)c1cc(Br)cc(Br)c1NC(=O)c1n[nH]c(C)n1. The summed E-state index contributed by atoms with van der Waals surface area (Å²) in [5.41, 5.74) is 0.497. The zero-order chi connectivity index (χ0) is 15.6. The number of ether oxygens (including phenoxy) is 1. The molecule has 0 atom stereocenters. The number of carbonyl (C=O) groups excluding carboxylic acids is 2. The molecule has 2 aromatic rings. The van der Waals surface area contributed by atoms with E-state index in [4.69, 9.17) is 4.74 Å². The maximum absolute atomic E-state index is 12.1. The molecule has 0 aliphatic heterocycles. The van der Waals surface area contributed by atoms with E-state index in [1.54, 1.807) is 19.1 Å². The first-order valence-electron chi connectivity index (χ1n) is 5.70. The minimum atomic E-state index is -0.571. The van der Waals surface area contributed by atoms with E-state index in [9.17, 15) is 9.59 Å². The standard InChI is InChI=1S/C12H10Br2N4O3/c1-5-15-10(18-17-5)11(19)16-9-7(12(20)21-2)3-6(13)4-8(9)14/h3-4H,1-2H3,(H,16,19)(H,15,17,18). The molecule has 1 aromatic carbocycles. The Kier molecular flexibility index (Phi) is 4.73. The lowest BCUT2D eigenvalue weighted by Gasteiger charge is -2.11. The van der Waals surface area contributed by atoms with Crippen molar-refractivity contribution in [3.63, 3.8) is 0 Å². The van der Waals surface area contributed by atoms with E-state index < -0.39 is 11.9 Å². The topological polar surface area (TPSA) is 97.0 Å². The van der Waals surface area contributed by atoms with Crippen LogP contribution in [0.15, 0.2) is 21.1 Å². The van der Waals surface area contributed by atoms with Gasteiger partial charge in [0.25, 0.3) is 5.91 Å². The third-order valence-corrected chi connectivity index (χ3v) is 3.58. The summed E-state index contributed by atoms with van der Waals surface area (Å²) in [5, 5.41) is 8.94. The number of H-pyrrole nitrogens is 1. The molecule has 110 valence electrons. The predicted octanol–water partition coefficient (Wildman–Crippen LogP) is 2.68. The van der Waals surface area contributed by atoms with Crippen molar-refractivity contribution in [2.45, 2.75) is 6.92 Å². The van der Waals surface area contributed by atoms with Gasteiger partial charge in [0.05, 0.1) is 18.4 Å². The van der Waals surface area contributed by atoms with Gasteiger partial charge in [0.1, 0.15) is 5.82 Å². The number of aromatic amines is 1. The number of anilines is 1. The van der Waals surface area contributed by atoms with Crippen molar-refractivity contribution < 1.29 is 14.3 Å². The van der Waals surface area contributed by atoms with Crippen LogP contribution in [0.25, 0.3) is 0 Å². The van der Waals surface area contributed by atoms with Crippen molar-refractivity contribution >= 4 is 49.4 Å². The third-order valence-electron chi connectivity index (χ3n) is 2.50. The molecular formula is C12H10Br2N4O3. The van der Waals surface area contributed by atoms with Gasteiger partial charge in [-0.15, -0.1) is 5.10 Å². The summed E-state index contributed by atoms with van der Waals surface area (Å²) in [6.07, 6.45) is 0. The van der Waals surface area contributed by atoms with E-state index in [0.717, 1.165) is 0 Å². The van der Waals surface area contributed by atoms with Crippen LogP contribution in [-0.2, 0) is 4.74 Å². The van der Waals surface area contributed by atoms with Gasteiger partial charge in [-0.05, 0) is 35.0 Å². The molecule has 1 aromatic heterocycles. The summed E-state index contributed by atoms with van der Waals surface area (Å²) in [6.45, 7) is 1.68. The molecule has 0 saturated carbocycles. The Morgan fingerprint density at radius 2 is 2.05 bits per heavy atom. The fourth-order valence-electron chi connectivity index (χ4n) is 1.59. The molecule has 0 fully saturated rings. The van der Waals surface area contributed by atoms with Gasteiger partial charge in [0, 0.05) is 8.95 Å². The molecule has 0 aliphatic carbocycles. The number of amides is 1. The normalized spacial score (nSPS) is 10.3. The van der Waals surface area contributed by atoms with Crippen LogP contribution in [0.2, 0.25) is 0 Å². The van der Waals surface area contributed by atoms with Gasteiger partial charge in [-0.2, -0.15) is 0 Å². The Morgan fingerprint density at radius 1 is 1.33 bits per heavy atom. The molecule has 0 unspecified atom stereocenters. The van der Waals surface area contributed by atoms with Crippen molar-refractivity contribution in [3.8, 4) is 0 Å². The molecule has 0 saturated heterocycles. The number of hydrogen-bond acceptors (Lipinski definition) is 5. The van der Waals surface area contributed by atoms with Crippen LogP contribution in [0.3, 0.4) is 0 Å². The van der Waals surface area contributed by atoms with Crippen LogP contribution in [0, 0.1) is 6.92 Å². The molecule has 1 amide bonds. The number of nitrogens with one attached hydrogen (secondary N) is 2. The quantitative estimate of drug-likeness (QED) is 0.748. The van der Waals surface area contributed by atoms with Crippen molar-refractivity contribution in [1.29, 1.82) is 0 Å². The lowest BCUT2D eigenvalue weighted by molar-refractivity contribution is 0.0602. The molecule has 0 radical (unpaired) electrons. The Balaban J connectivity index is 2.39. The largest absolute Gasteiger partial charge is 0.465 e. The highest BCUT2D eigenvalue weighted by atomic mass is 79.9. The van der Waals surface area contributed by atoms with E-state index in [0.29, 0.717) is 14.8 Å². The maximum atomic E-state index is 12.1. The molecule has 2 N–H and O–H groups in total. The van der Waals surface area contributed by atoms with Crippen molar-refractivity contribution in [2.24, 2.45) is 0 Å². The molecule has 7 nitrogen and oxygen atoms in total. The highest BCUT2D eigenvalue weighted by Crippen LogP contribution is 2.31. The minimum absolute atomic E-state index is 0.0156. The summed E-state index contributed by atoms with van der Waals surface area (Å²) in [6, 6.07) is 3.25. The number of benzene rings is 1. The summed E-state index contributed by atoms with van der Waals surface area (Å²) in [7, 11) is 1.27. The van der Waals surface area contributed by atoms with E-state index in [2.05, 4.69) is 52.4 Å².